The summed E-state index contributed by atoms with van der Waals surface area (Å²) in [6, 6.07) is 3.56. The van der Waals surface area contributed by atoms with E-state index in [9.17, 15) is 4.79 Å². The van der Waals surface area contributed by atoms with Crippen LogP contribution in [0.4, 0.5) is 0 Å². The molecule has 3 nitrogen and oxygen atoms in total. The van der Waals surface area contributed by atoms with Crippen LogP contribution in [0.1, 0.15) is 10.4 Å². The molecule has 1 unspecified atom stereocenters. The molecule has 13 heavy (non-hydrogen) atoms. The van der Waals surface area contributed by atoms with Gasteiger partial charge in [-0.3, -0.25) is 9.78 Å². The average molecular weight is 196 g/mol. The van der Waals surface area contributed by atoms with E-state index in [0.717, 1.165) is 14.9 Å². The smallest absolute Gasteiger partial charge is 0.255 e. The lowest BCUT2D eigenvalue weighted by atomic mass is 10.2. The van der Waals surface area contributed by atoms with Crippen molar-refractivity contribution in [3.8, 4) is 0 Å². The fourth-order valence-corrected chi connectivity index (χ4v) is 1.64. The van der Waals surface area contributed by atoms with Gasteiger partial charge in [-0.2, -0.15) is 0 Å². The van der Waals surface area contributed by atoms with Crippen molar-refractivity contribution in [1.82, 2.24) is 9.88 Å². The fraction of sp³-hybridized carbons (Fsp3) is 0.333. The molecule has 4 heteroatoms. The van der Waals surface area contributed by atoms with Gasteiger partial charge in [0.2, 0.25) is 0 Å². The van der Waals surface area contributed by atoms with Crippen LogP contribution in [0, 0.1) is 0 Å². The van der Waals surface area contributed by atoms with Gasteiger partial charge >= 0.3 is 0 Å². The summed E-state index contributed by atoms with van der Waals surface area (Å²) in [6.07, 6.45) is 4.07. The zero-order valence-electron chi connectivity index (χ0n) is 7.82. The Morgan fingerprint density at radius 3 is 3.00 bits per heavy atom. The highest BCUT2D eigenvalue weighted by Crippen LogP contribution is 2.08. The molecular formula is C9H13N2OP. The lowest BCUT2D eigenvalue weighted by Crippen LogP contribution is -2.25. The predicted molar refractivity (Wildman–Crippen MR) is 55.4 cm³/mol. The number of amides is 1. The zero-order chi connectivity index (χ0) is 9.68. The molecule has 1 aromatic rings. The monoisotopic (exact) mass is 196 g/mol. The number of pyridine rings is 1. The lowest BCUT2D eigenvalue weighted by molar-refractivity contribution is 0.0819. The molecule has 1 amide bonds. The van der Waals surface area contributed by atoms with E-state index >= 15 is 0 Å². The molecular weight excluding hydrogens is 183 g/mol. The molecule has 0 aliphatic rings. The highest BCUT2D eigenvalue weighted by Gasteiger charge is 2.09. The van der Waals surface area contributed by atoms with Crippen molar-refractivity contribution in [2.45, 2.75) is 0 Å². The second-order valence-electron chi connectivity index (χ2n) is 2.76. The van der Waals surface area contributed by atoms with Gasteiger partial charge in [0.1, 0.15) is 0 Å². The molecule has 0 aliphatic carbocycles. The molecule has 0 saturated heterocycles. The predicted octanol–water partition coefficient (Wildman–Crippen LogP) is 1.42. The number of carbonyl (C=O) groups excluding carboxylic acids is 1. The van der Waals surface area contributed by atoms with Gasteiger partial charge in [0.15, 0.2) is 0 Å². The molecule has 0 N–H and O–H groups in total. The lowest BCUT2D eigenvalue weighted by Gasteiger charge is -2.15. The summed E-state index contributed by atoms with van der Waals surface area (Å²) in [6.45, 7) is 2.08. The third-order valence-corrected chi connectivity index (χ3v) is 2.44. The molecule has 0 bridgehead atoms. The SMILES string of the molecule is CPCN(C)C(=O)c1cccnc1. The van der Waals surface area contributed by atoms with Crippen molar-refractivity contribution in [3.63, 3.8) is 0 Å². The van der Waals surface area contributed by atoms with Crippen molar-refractivity contribution in [1.29, 1.82) is 0 Å². The minimum atomic E-state index is 0.0439. The van der Waals surface area contributed by atoms with E-state index in [2.05, 4.69) is 11.6 Å². The van der Waals surface area contributed by atoms with E-state index in [1.54, 1.807) is 29.4 Å². The van der Waals surface area contributed by atoms with Crippen LogP contribution in [-0.4, -0.2) is 35.8 Å². The topological polar surface area (TPSA) is 33.2 Å². The quantitative estimate of drug-likeness (QED) is 0.685. The molecule has 0 spiro atoms. The van der Waals surface area contributed by atoms with E-state index in [0.29, 0.717) is 5.56 Å². The van der Waals surface area contributed by atoms with E-state index in [-0.39, 0.29) is 5.91 Å². The van der Waals surface area contributed by atoms with E-state index in [4.69, 9.17) is 0 Å². The molecule has 70 valence electrons. The average Bonchev–Trinajstić information content (AvgIpc) is 2.18. The Labute approximate surface area is 79.9 Å². The molecule has 1 atom stereocenters. The standard InChI is InChI=1S/C9H13N2OP/c1-11(7-13-2)9(12)8-4-3-5-10-6-8/h3-6,13H,7H2,1-2H3. The van der Waals surface area contributed by atoms with Gasteiger partial charge in [-0.25, -0.2) is 0 Å². The van der Waals surface area contributed by atoms with Crippen LogP contribution in [0.15, 0.2) is 24.5 Å². The largest absolute Gasteiger partial charge is 0.338 e. The minimum absolute atomic E-state index is 0.0439. The highest BCUT2D eigenvalue weighted by atomic mass is 31.1. The Morgan fingerprint density at radius 2 is 2.46 bits per heavy atom. The molecule has 0 aromatic carbocycles. The first-order chi connectivity index (χ1) is 6.25. The van der Waals surface area contributed by atoms with Crippen LogP contribution in [0.25, 0.3) is 0 Å². The van der Waals surface area contributed by atoms with Gasteiger partial charge in [0, 0.05) is 25.7 Å². The van der Waals surface area contributed by atoms with Crippen molar-refractivity contribution >= 4 is 14.5 Å². The van der Waals surface area contributed by atoms with Crippen molar-refractivity contribution in [2.24, 2.45) is 0 Å². The molecule has 0 radical (unpaired) electrons. The second-order valence-corrected chi connectivity index (χ2v) is 3.78. The zero-order valence-corrected chi connectivity index (χ0v) is 8.82. The maximum atomic E-state index is 11.6. The Hall–Kier alpha value is -0.950. The number of nitrogens with zero attached hydrogens (tertiary/aromatic N) is 2. The summed E-state index contributed by atoms with van der Waals surface area (Å²) in [7, 11) is 2.57. The van der Waals surface area contributed by atoms with Crippen LogP contribution < -0.4 is 0 Å². The summed E-state index contributed by atoms with van der Waals surface area (Å²) >= 11 is 0. The number of aromatic nitrogens is 1. The number of hydrogen-bond donors (Lipinski definition) is 0. The third kappa shape index (κ3) is 2.78. The molecule has 0 aliphatic heterocycles. The Balaban J connectivity index is 2.68. The van der Waals surface area contributed by atoms with Crippen molar-refractivity contribution < 1.29 is 4.79 Å². The van der Waals surface area contributed by atoms with Crippen molar-refractivity contribution in [3.05, 3.63) is 30.1 Å². The molecule has 1 heterocycles. The summed E-state index contributed by atoms with van der Waals surface area (Å²) in [4.78, 5) is 17.2. The van der Waals surface area contributed by atoms with E-state index in [1.807, 2.05) is 7.05 Å². The normalized spacial score (nSPS) is 10.6. The summed E-state index contributed by atoms with van der Waals surface area (Å²) in [5, 5.41) is 0. The van der Waals surface area contributed by atoms with Crippen LogP contribution in [0.3, 0.4) is 0 Å². The van der Waals surface area contributed by atoms with E-state index in [1.165, 1.54) is 0 Å². The van der Waals surface area contributed by atoms with E-state index < -0.39 is 0 Å². The van der Waals surface area contributed by atoms with Crippen LogP contribution in [0.5, 0.6) is 0 Å². The molecule has 0 saturated carbocycles. The van der Waals surface area contributed by atoms with Gasteiger partial charge < -0.3 is 4.90 Å². The molecule has 1 rings (SSSR count). The summed E-state index contributed by atoms with van der Waals surface area (Å²) in [5.74, 6) is 0.0439. The first kappa shape index (κ1) is 10.1. The second kappa shape index (κ2) is 4.93. The first-order valence-corrected chi connectivity index (χ1v) is 5.76. The van der Waals surface area contributed by atoms with Crippen molar-refractivity contribution in [2.75, 3.05) is 20.0 Å². The minimum Gasteiger partial charge on any atom is -0.338 e. The Bertz CT molecular complexity index is 276. The van der Waals surface area contributed by atoms with Gasteiger partial charge in [0.25, 0.3) is 5.91 Å². The van der Waals surface area contributed by atoms with Gasteiger partial charge in [-0.05, 0) is 18.8 Å². The summed E-state index contributed by atoms with van der Waals surface area (Å²) < 4.78 is 0. The number of hydrogen-bond acceptors (Lipinski definition) is 2. The highest BCUT2D eigenvalue weighted by molar-refractivity contribution is 7.36. The number of carbonyl (C=O) groups is 1. The van der Waals surface area contributed by atoms with Gasteiger partial charge in [0.05, 0.1) is 5.56 Å². The fourth-order valence-electron chi connectivity index (χ4n) is 1.02. The van der Waals surface area contributed by atoms with Crippen LogP contribution >= 0.6 is 8.58 Å². The van der Waals surface area contributed by atoms with Crippen LogP contribution in [-0.2, 0) is 0 Å². The Morgan fingerprint density at radius 1 is 1.69 bits per heavy atom. The first-order valence-electron chi connectivity index (χ1n) is 4.06. The molecule has 0 fully saturated rings. The molecule has 1 aromatic heterocycles. The number of rotatable bonds is 3. The maximum Gasteiger partial charge on any atom is 0.255 e. The summed E-state index contributed by atoms with van der Waals surface area (Å²) in [5.41, 5.74) is 0.656. The Kier molecular flexibility index (Phi) is 3.84. The maximum absolute atomic E-state index is 11.6. The third-order valence-electron chi connectivity index (χ3n) is 1.65. The van der Waals surface area contributed by atoms with Gasteiger partial charge in [-0.1, -0.05) is 0 Å². The van der Waals surface area contributed by atoms with Crippen LogP contribution in [0.2, 0.25) is 0 Å². The van der Waals surface area contributed by atoms with Gasteiger partial charge in [-0.15, -0.1) is 8.58 Å².